The lowest BCUT2D eigenvalue weighted by Crippen LogP contribution is -2.46. The van der Waals surface area contributed by atoms with Gasteiger partial charge in [0.2, 0.25) is 0 Å². The van der Waals surface area contributed by atoms with Crippen LogP contribution in [0, 0.1) is 0 Å². The first-order valence-corrected chi connectivity index (χ1v) is 14.1. The van der Waals surface area contributed by atoms with Crippen LogP contribution < -0.4 is 5.32 Å². The molecule has 0 saturated carbocycles. The maximum atomic E-state index is 13.6. The van der Waals surface area contributed by atoms with Gasteiger partial charge in [0, 0.05) is 16.9 Å². The van der Waals surface area contributed by atoms with Gasteiger partial charge in [-0.05, 0) is 54.8 Å². The van der Waals surface area contributed by atoms with Crippen molar-refractivity contribution >= 4 is 19.4 Å². The number of unbranched alkanes of at least 4 members (excludes halogenated alkanes) is 1. The highest BCUT2D eigenvalue weighted by Crippen LogP contribution is 2.39. The summed E-state index contributed by atoms with van der Waals surface area (Å²) in [5, 5.41) is 2.94. The minimum Gasteiger partial charge on any atom is -0.379 e. The topological polar surface area (TPSA) is 78.8 Å². The summed E-state index contributed by atoms with van der Waals surface area (Å²) in [7, 11) is -4.05. The molecule has 1 heterocycles. The Morgan fingerprint density at radius 2 is 1.79 bits per heavy atom. The molecule has 3 rings (SSSR count). The van der Waals surface area contributed by atoms with E-state index < -0.39 is 19.3 Å². The van der Waals surface area contributed by atoms with Gasteiger partial charge < -0.3 is 19.8 Å². The van der Waals surface area contributed by atoms with E-state index in [0.717, 1.165) is 25.3 Å². The van der Waals surface area contributed by atoms with E-state index >= 15 is 0 Å². The van der Waals surface area contributed by atoms with Crippen LogP contribution in [0.15, 0.2) is 53.4 Å². The largest absolute Gasteiger partial charge is 0.417 e. The predicted octanol–water partition coefficient (Wildman–Crippen LogP) is 5.59. The molecule has 1 aliphatic heterocycles. The van der Waals surface area contributed by atoms with Crippen LogP contribution >= 0.6 is 19.4 Å². The second-order valence-corrected chi connectivity index (χ2v) is 11.6. The number of benzene rings is 2. The summed E-state index contributed by atoms with van der Waals surface area (Å²) in [4.78, 5) is 17.9. The molecule has 1 aliphatic rings. The van der Waals surface area contributed by atoms with Crippen LogP contribution in [0.3, 0.4) is 0 Å². The van der Waals surface area contributed by atoms with Gasteiger partial charge in [-0.2, -0.15) is 13.2 Å². The van der Waals surface area contributed by atoms with E-state index in [-0.39, 0.29) is 29.4 Å². The summed E-state index contributed by atoms with van der Waals surface area (Å²) >= 11 is 1.23. The van der Waals surface area contributed by atoms with Crippen molar-refractivity contribution in [1.82, 2.24) is 5.32 Å². The monoisotopic (exact) mass is 517 g/mol. The van der Waals surface area contributed by atoms with Gasteiger partial charge in [0.25, 0.3) is 0 Å². The van der Waals surface area contributed by atoms with Crippen molar-refractivity contribution in [3.05, 3.63) is 65.2 Å². The number of rotatable bonds is 13. The van der Waals surface area contributed by atoms with E-state index in [1.807, 2.05) is 18.2 Å². The van der Waals surface area contributed by atoms with Crippen molar-refractivity contribution in [2.45, 2.75) is 48.7 Å². The van der Waals surface area contributed by atoms with Gasteiger partial charge in [-0.25, -0.2) is 0 Å². The summed E-state index contributed by atoms with van der Waals surface area (Å²) in [6.07, 6.45) is -1.75. The molecule has 0 amide bonds. The molecule has 2 aromatic carbocycles. The summed E-state index contributed by atoms with van der Waals surface area (Å²) < 4.78 is 57.2. The molecule has 5 nitrogen and oxygen atoms in total. The first kappa shape index (κ1) is 27.2. The Hall–Kier alpha value is -1.35. The van der Waals surface area contributed by atoms with Crippen molar-refractivity contribution in [2.24, 2.45) is 0 Å². The van der Waals surface area contributed by atoms with Gasteiger partial charge in [-0.3, -0.25) is 4.57 Å². The Kier molecular flexibility index (Phi) is 9.66. The lowest BCUT2D eigenvalue weighted by molar-refractivity contribution is -0.139. The van der Waals surface area contributed by atoms with Gasteiger partial charge in [0.1, 0.15) is 0 Å². The van der Waals surface area contributed by atoms with Crippen molar-refractivity contribution in [1.29, 1.82) is 0 Å². The second kappa shape index (κ2) is 12.1. The maximum Gasteiger partial charge on any atom is 0.417 e. The van der Waals surface area contributed by atoms with E-state index in [2.05, 4.69) is 17.4 Å². The van der Waals surface area contributed by atoms with Crippen LogP contribution in [0.5, 0.6) is 0 Å². The predicted molar refractivity (Wildman–Crippen MR) is 128 cm³/mol. The highest BCUT2D eigenvalue weighted by molar-refractivity contribution is 7.99. The zero-order valence-electron chi connectivity index (χ0n) is 18.9. The molecule has 0 spiro atoms. The molecule has 10 heteroatoms. The molecule has 0 atom stereocenters. The average Bonchev–Trinajstić information content (AvgIpc) is 2.74. The molecule has 0 aliphatic carbocycles. The number of halogens is 3. The van der Waals surface area contributed by atoms with Gasteiger partial charge >= 0.3 is 13.8 Å². The molecule has 0 aromatic heterocycles. The van der Waals surface area contributed by atoms with Gasteiger partial charge in [0.05, 0.1) is 24.9 Å². The minimum atomic E-state index is -4.45. The molecule has 0 bridgehead atoms. The molecule has 2 aromatic rings. The zero-order chi connectivity index (χ0) is 24.7. The molecule has 0 radical (unpaired) electrons. The number of ether oxygens (including phenoxy) is 1. The van der Waals surface area contributed by atoms with Crippen molar-refractivity contribution in [3.63, 3.8) is 0 Å². The summed E-state index contributed by atoms with van der Waals surface area (Å²) in [6, 6.07) is 14.6. The summed E-state index contributed by atoms with van der Waals surface area (Å²) in [6.45, 7) is 1.91. The van der Waals surface area contributed by atoms with E-state index in [1.165, 1.54) is 23.4 Å². The first-order valence-electron chi connectivity index (χ1n) is 11.3. The van der Waals surface area contributed by atoms with Gasteiger partial charge in [-0.1, -0.05) is 42.8 Å². The third-order valence-electron chi connectivity index (χ3n) is 5.93. The number of alkyl halides is 3. The fourth-order valence-electron chi connectivity index (χ4n) is 4.02. The van der Waals surface area contributed by atoms with Crippen LogP contribution in [-0.2, 0) is 27.4 Å². The van der Waals surface area contributed by atoms with E-state index in [1.54, 1.807) is 6.07 Å². The van der Waals surface area contributed by atoms with E-state index in [0.29, 0.717) is 31.1 Å². The first-order chi connectivity index (χ1) is 16.1. The molecule has 188 valence electrons. The lowest BCUT2D eigenvalue weighted by Gasteiger charge is -2.42. The molecule has 1 fully saturated rings. The van der Waals surface area contributed by atoms with Crippen LogP contribution in [-0.4, -0.2) is 41.5 Å². The van der Waals surface area contributed by atoms with E-state index in [4.69, 9.17) is 14.5 Å². The van der Waals surface area contributed by atoms with Crippen LogP contribution in [0.4, 0.5) is 13.2 Å². The Balaban J connectivity index is 1.48. The maximum absolute atomic E-state index is 13.6. The second-order valence-electron chi connectivity index (χ2n) is 8.69. The molecular formula is C24H31F3NO4PS. The van der Waals surface area contributed by atoms with E-state index in [9.17, 15) is 17.7 Å². The molecule has 34 heavy (non-hydrogen) atoms. The third-order valence-corrected chi connectivity index (χ3v) is 7.99. The molecular weight excluding hydrogens is 486 g/mol. The van der Waals surface area contributed by atoms with Gasteiger partial charge in [0.15, 0.2) is 0 Å². The number of hydrogen-bond acceptors (Lipinski definition) is 4. The number of hydrogen-bond donors (Lipinski definition) is 3. The van der Waals surface area contributed by atoms with Gasteiger partial charge in [-0.15, -0.1) is 11.8 Å². The standard InChI is InChI=1S/C24H31F3NO4PS/c25-24(26,27)21-15-19(16-28-12-6-13-33(29,30)31)9-10-22(21)34-14-5-4-11-23(17-32-18-23)20-7-2-1-3-8-20/h1-3,7-10,15,28H,4-6,11-14,16-18H2,(H2,29,30,31). The lowest BCUT2D eigenvalue weighted by atomic mass is 9.75. The Morgan fingerprint density at radius 1 is 1.06 bits per heavy atom. The number of thioether (sulfide) groups is 1. The fourth-order valence-corrected chi connectivity index (χ4v) is 5.65. The van der Waals surface area contributed by atoms with Crippen LogP contribution in [0.25, 0.3) is 0 Å². The molecule has 0 unspecified atom stereocenters. The molecule has 3 N–H and O–H groups in total. The fraction of sp³-hybridized carbons (Fsp3) is 0.500. The highest BCUT2D eigenvalue weighted by Gasteiger charge is 2.39. The summed E-state index contributed by atoms with van der Waals surface area (Å²) in [5.74, 6) is 0.606. The average molecular weight is 518 g/mol. The normalized spacial score (nSPS) is 15.8. The minimum absolute atomic E-state index is 0.0307. The Bertz CT molecular complexity index is 964. The summed E-state index contributed by atoms with van der Waals surface area (Å²) in [5.41, 5.74) is 1.14. The Labute approximate surface area is 202 Å². The molecule has 1 saturated heterocycles. The van der Waals surface area contributed by atoms with Crippen molar-refractivity contribution < 1.29 is 32.3 Å². The third kappa shape index (κ3) is 8.11. The SMILES string of the molecule is O=P(O)(O)CCCNCc1ccc(SCCCCC2(c3ccccc3)COC2)c(C(F)(F)F)c1. The van der Waals surface area contributed by atoms with Crippen molar-refractivity contribution in [2.75, 3.05) is 31.7 Å². The number of nitrogens with one attached hydrogen (secondary N) is 1. The smallest absolute Gasteiger partial charge is 0.379 e. The van der Waals surface area contributed by atoms with Crippen LogP contribution in [0.2, 0.25) is 0 Å². The van der Waals surface area contributed by atoms with Crippen molar-refractivity contribution in [3.8, 4) is 0 Å². The quantitative estimate of drug-likeness (QED) is 0.183. The Morgan fingerprint density at radius 3 is 2.41 bits per heavy atom. The van der Waals surface area contributed by atoms with Crippen LogP contribution in [0.1, 0.15) is 42.4 Å². The zero-order valence-corrected chi connectivity index (χ0v) is 20.6. The highest BCUT2D eigenvalue weighted by atomic mass is 32.2.